The number of methoxy groups -OCH3 is 2. The number of carboxylic acid groups (broad SMARTS) is 1. The predicted molar refractivity (Wildman–Crippen MR) is 67.3 cm³/mol. The van der Waals surface area contributed by atoms with Crippen LogP contribution in [0.1, 0.15) is 16.2 Å². The maximum Gasteiger partial charge on any atom is 0.358 e. The second kappa shape index (κ2) is 5.96. The topological polar surface area (TPSA) is 91.0 Å². The Labute approximate surface area is 114 Å². The van der Waals surface area contributed by atoms with Crippen LogP contribution in [0.2, 0.25) is 0 Å². The Morgan fingerprint density at radius 2 is 1.95 bits per heavy atom. The van der Waals surface area contributed by atoms with Crippen LogP contribution in [0.3, 0.4) is 0 Å². The summed E-state index contributed by atoms with van der Waals surface area (Å²) < 4.78 is 20.8. The van der Waals surface area contributed by atoms with Crippen molar-refractivity contribution in [3.8, 4) is 17.2 Å². The molecule has 7 heteroatoms. The van der Waals surface area contributed by atoms with Gasteiger partial charge in [0, 0.05) is 6.07 Å². The van der Waals surface area contributed by atoms with E-state index in [9.17, 15) is 4.79 Å². The molecule has 1 aromatic heterocycles. The molecule has 0 unspecified atom stereocenters. The lowest BCUT2D eigenvalue weighted by Crippen LogP contribution is -1.99. The summed E-state index contributed by atoms with van der Waals surface area (Å²) in [5.74, 6) is 0.542. The smallest absolute Gasteiger partial charge is 0.358 e. The van der Waals surface area contributed by atoms with E-state index in [0.29, 0.717) is 17.2 Å². The van der Waals surface area contributed by atoms with Gasteiger partial charge < -0.3 is 23.8 Å². The van der Waals surface area contributed by atoms with Crippen LogP contribution in [-0.2, 0) is 6.61 Å². The molecule has 0 saturated heterocycles. The van der Waals surface area contributed by atoms with Crippen LogP contribution in [0.25, 0.3) is 0 Å². The van der Waals surface area contributed by atoms with E-state index in [2.05, 4.69) is 5.16 Å². The first-order valence-electron chi connectivity index (χ1n) is 5.68. The number of para-hydroxylation sites is 1. The van der Waals surface area contributed by atoms with E-state index in [0.717, 1.165) is 0 Å². The largest absolute Gasteiger partial charge is 0.493 e. The summed E-state index contributed by atoms with van der Waals surface area (Å²) in [4.78, 5) is 10.7. The maximum atomic E-state index is 10.7. The SMILES string of the molecule is COc1cccc(OC)c1OCc1cc(C(=O)O)no1. The van der Waals surface area contributed by atoms with E-state index in [-0.39, 0.29) is 18.1 Å². The molecule has 106 valence electrons. The zero-order valence-corrected chi connectivity index (χ0v) is 11.0. The molecule has 0 amide bonds. The molecule has 0 atom stereocenters. The Hall–Kier alpha value is -2.70. The monoisotopic (exact) mass is 279 g/mol. The fraction of sp³-hybridized carbons (Fsp3) is 0.231. The van der Waals surface area contributed by atoms with E-state index in [4.69, 9.17) is 23.8 Å². The summed E-state index contributed by atoms with van der Waals surface area (Å²) >= 11 is 0. The number of benzene rings is 1. The van der Waals surface area contributed by atoms with Crippen molar-refractivity contribution in [3.05, 3.63) is 35.7 Å². The van der Waals surface area contributed by atoms with Gasteiger partial charge in [0.15, 0.2) is 23.0 Å². The standard InChI is InChI=1S/C13H13NO6/c1-17-10-4-3-5-11(18-2)12(10)19-7-8-6-9(13(15)16)14-20-8/h3-6H,7H2,1-2H3,(H,15,16). The number of ether oxygens (including phenoxy) is 3. The Morgan fingerprint density at radius 1 is 1.30 bits per heavy atom. The second-order valence-corrected chi connectivity index (χ2v) is 3.76. The lowest BCUT2D eigenvalue weighted by Gasteiger charge is -2.12. The normalized spacial score (nSPS) is 10.1. The predicted octanol–water partition coefficient (Wildman–Crippen LogP) is 1.97. The van der Waals surface area contributed by atoms with Gasteiger partial charge in [-0.25, -0.2) is 4.79 Å². The van der Waals surface area contributed by atoms with Crippen molar-refractivity contribution in [3.63, 3.8) is 0 Å². The lowest BCUT2D eigenvalue weighted by atomic mass is 10.3. The highest BCUT2D eigenvalue weighted by molar-refractivity contribution is 5.85. The quantitative estimate of drug-likeness (QED) is 0.864. The molecule has 1 heterocycles. The Bertz CT molecular complexity index is 584. The summed E-state index contributed by atoms with van der Waals surface area (Å²) in [5.41, 5.74) is -0.171. The van der Waals surface area contributed by atoms with Crippen molar-refractivity contribution >= 4 is 5.97 Å². The van der Waals surface area contributed by atoms with Gasteiger partial charge in [0.25, 0.3) is 0 Å². The van der Waals surface area contributed by atoms with Gasteiger partial charge in [-0.1, -0.05) is 11.2 Å². The Kier molecular flexibility index (Phi) is 4.09. The van der Waals surface area contributed by atoms with Crippen LogP contribution in [0.15, 0.2) is 28.8 Å². The number of carboxylic acids is 1. The summed E-state index contributed by atoms with van der Waals surface area (Å²) in [5, 5.41) is 12.1. The maximum absolute atomic E-state index is 10.7. The molecule has 7 nitrogen and oxygen atoms in total. The van der Waals surface area contributed by atoms with Crippen molar-refractivity contribution in [2.75, 3.05) is 14.2 Å². The Balaban J connectivity index is 2.15. The van der Waals surface area contributed by atoms with Gasteiger partial charge >= 0.3 is 5.97 Å². The first-order chi connectivity index (χ1) is 9.65. The number of rotatable bonds is 6. The van der Waals surface area contributed by atoms with Gasteiger partial charge in [0.2, 0.25) is 5.75 Å². The second-order valence-electron chi connectivity index (χ2n) is 3.76. The van der Waals surface area contributed by atoms with Crippen molar-refractivity contribution < 1.29 is 28.6 Å². The molecule has 0 spiro atoms. The average molecular weight is 279 g/mol. The molecule has 20 heavy (non-hydrogen) atoms. The first kappa shape index (κ1) is 13.7. The molecule has 0 bridgehead atoms. The fourth-order valence-electron chi connectivity index (χ4n) is 1.58. The van der Waals surface area contributed by atoms with E-state index in [1.807, 2.05) is 0 Å². The minimum absolute atomic E-state index is 0.0109. The molecule has 0 radical (unpaired) electrons. The molecule has 2 aromatic rings. The molecule has 1 aromatic carbocycles. The van der Waals surface area contributed by atoms with E-state index in [1.54, 1.807) is 18.2 Å². The number of carbonyl (C=O) groups is 1. The third-order valence-corrected chi connectivity index (χ3v) is 2.52. The van der Waals surface area contributed by atoms with E-state index >= 15 is 0 Å². The van der Waals surface area contributed by atoms with Crippen LogP contribution in [0, 0.1) is 0 Å². The third-order valence-electron chi connectivity index (χ3n) is 2.52. The molecular formula is C13H13NO6. The zero-order chi connectivity index (χ0) is 14.5. The molecule has 1 N–H and O–H groups in total. The van der Waals surface area contributed by atoms with Gasteiger partial charge in [-0.05, 0) is 12.1 Å². The highest BCUT2D eigenvalue weighted by Gasteiger charge is 2.14. The van der Waals surface area contributed by atoms with E-state index in [1.165, 1.54) is 20.3 Å². The molecule has 0 saturated carbocycles. The van der Waals surface area contributed by atoms with Crippen molar-refractivity contribution in [2.24, 2.45) is 0 Å². The first-order valence-corrected chi connectivity index (χ1v) is 5.68. The minimum atomic E-state index is -1.16. The minimum Gasteiger partial charge on any atom is -0.493 e. The van der Waals surface area contributed by atoms with Crippen molar-refractivity contribution in [1.82, 2.24) is 5.16 Å². The number of hydrogen-bond acceptors (Lipinski definition) is 6. The van der Waals surface area contributed by atoms with Crippen LogP contribution < -0.4 is 14.2 Å². The van der Waals surface area contributed by atoms with Gasteiger partial charge in [-0.2, -0.15) is 0 Å². The molecular weight excluding hydrogens is 266 g/mol. The fourth-order valence-corrected chi connectivity index (χ4v) is 1.58. The van der Waals surface area contributed by atoms with Crippen LogP contribution in [0.4, 0.5) is 0 Å². The number of aromatic carboxylic acids is 1. The number of hydrogen-bond donors (Lipinski definition) is 1. The molecule has 0 aliphatic carbocycles. The average Bonchev–Trinajstić information content (AvgIpc) is 2.93. The third kappa shape index (κ3) is 2.82. The van der Waals surface area contributed by atoms with E-state index < -0.39 is 5.97 Å². The van der Waals surface area contributed by atoms with Gasteiger partial charge in [0.1, 0.15) is 6.61 Å². The molecule has 0 aliphatic rings. The summed E-state index contributed by atoms with van der Waals surface area (Å²) in [6.45, 7) is 0.0109. The zero-order valence-electron chi connectivity index (χ0n) is 11.0. The molecule has 0 fully saturated rings. The van der Waals surface area contributed by atoms with Gasteiger partial charge in [-0.15, -0.1) is 0 Å². The van der Waals surface area contributed by atoms with Gasteiger partial charge in [-0.3, -0.25) is 0 Å². The summed E-state index contributed by atoms with van der Waals surface area (Å²) in [6.07, 6.45) is 0. The Morgan fingerprint density at radius 3 is 2.45 bits per heavy atom. The highest BCUT2D eigenvalue weighted by atomic mass is 16.5. The number of nitrogens with zero attached hydrogens (tertiary/aromatic N) is 1. The number of aromatic nitrogens is 1. The van der Waals surface area contributed by atoms with Crippen molar-refractivity contribution in [2.45, 2.75) is 6.61 Å². The van der Waals surface area contributed by atoms with Crippen LogP contribution >= 0.6 is 0 Å². The summed E-state index contributed by atoms with van der Waals surface area (Å²) in [7, 11) is 3.03. The highest BCUT2D eigenvalue weighted by Crippen LogP contribution is 2.37. The lowest BCUT2D eigenvalue weighted by molar-refractivity contribution is 0.0685. The summed E-state index contributed by atoms with van der Waals surface area (Å²) in [6, 6.07) is 6.51. The van der Waals surface area contributed by atoms with Crippen molar-refractivity contribution in [1.29, 1.82) is 0 Å². The van der Waals surface area contributed by atoms with Crippen LogP contribution in [0.5, 0.6) is 17.2 Å². The molecule has 0 aliphatic heterocycles. The van der Waals surface area contributed by atoms with Crippen LogP contribution in [-0.4, -0.2) is 30.5 Å². The molecule has 2 rings (SSSR count). The van der Waals surface area contributed by atoms with Gasteiger partial charge in [0.05, 0.1) is 14.2 Å².